The van der Waals surface area contributed by atoms with E-state index in [-0.39, 0.29) is 16.9 Å². The van der Waals surface area contributed by atoms with E-state index in [0.29, 0.717) is 16.9 Å². The molecule has 0 saturated carbocycles. The van der Waals surface area contributed by atoms with E-state index in [1.165, 1.54) is 0 Å². The highest BCUT2D eigenvalue weighted by Gasteiger charge is 2.38. The highest BCUT2D eigenvalue weighted by Crippen LogP contribution is 2.32. The van der Waals surface area contributed by atoms with Crippen molar-refractivity contribution in [3.8, 4) is 5.75 Å². The monoisotopic (exact) mass is 530 g/mol. The first-order valence-corrected chi connectivity index (χ1v) is 12.5. The number of nitrogens with one attached hydrogen (secondary N) is 1. The molecule has 0 radical (unpaired) electrons. The maximum Gasteiger partial charge on any atom is 0.490 e. The molecule has 198 valence electrons. The van der Waals surface area contributed by atoms with Crippen LogP contribution in [-0.2, 0) is 21.2 Å². The number of halogens is 3. The Morgan fingerprint density at radius 1 is 1.19 bits per heavy atom. The molecule has 8 nitrogen and oxygen atoms in total. The molecule has 1 atom stereocenters. The minimum Gasteiger partial charge on any atom is -0.496 e. The summed E-state index contributed by atoms with van der Waals surface area (Å²) in [6.07, 6.45) is -2.28. The second-order valence-electron chi connectivity index (χ2n) is 8.66. The predicted molar refractivity (Wildman–Crippen MR) is 126 cm³/mol. The molecule has 1 unspecified atom stereocenters. The second kappa shape index (κ2) is 11.3. The van der Waals surface area contributed by atoms with Crippen LogP contribution in [0.5, 0.6) is 5.75 Å². The summed E-state index contributed by atoms with van der Waals surface area (Å²) in [7, 11) is -2.49. The van der Waals surface area contributed by atoms with Crippen LogP contribution in [0, 0.1) is 6.92 Å². The minimum absolute atomic E-state index is 0.0670. The van der Waals surface area contributed by atoms with Gasteiger partial charge in [0.2, 0.25) is 0 Å². The second-order valence-corrected chi connectivity index (χ2v) is 10.3. The number of alkyl halides is 3. The molecule has 2 aromatic carbocycles. The Hall–Kier alpha value is -3.12. The fraction of sp³-hybridized carbons (Fsp3) is 0.417. The Balaban J connectivity index is 0.000000572. The molecule has 0 saturated heterocycles. The zero-order chi connectivity index (χ0) is 27.4. The summed E-state index contributed by atoms with van der Waals surface area (Å²) in [4.78, 5) is 21.7. The van der Waals surface area contributed by atoms with Gasteiger partial charge in [0.25, 0.3) is 15.9 Å². The molecule has 1 amide bonds. The first kappa shape index (κ1) is 29.1. The zero-order valence-electron chi connectivity index (χ0n) is 20.3. The van der Waals surface area contributed by atoms with Crippen LogP contribution >= 0.6 is 0 Å². The number of amides is 1. The molecule has 0 heterocycles. The van der Waals surface area contributed by atoms with E-state index >= 15 is 0 Å². The van der Waals surface area contributed by atoms with Gasteiger partial charge in [0.1, 0.15) is 5.75 Å². The van der Waals surface area contributed by atoms with Gasteiger partial charge in [0, 0.05) is 11.6 Å². The Labute approximate surface area is 207 Å². The maximum absolute atomic E-state index is 13.0. The predicted octanol–water partition coefficient (Wildman–Crippen LogP) is 4.22. The van der Waals surface area contributed by atoms with Crippen LogP contribution in [0.3, 0.4) is 0 Å². The Kier molecular flexibility index (Phi) is 9.13. The van der Waals surface area contributed by atoms with Crippen molar-refractivity contribution in [2.45, 2.75) is 63.1 Å². The van der Waals surface area contributed by atoms with Crippen molar-refractivity contribution >= 4 is 21.9 Å². The molecule has 0 fully saturated rings. The molecular weight excluding hydrogens is 501 g/mol. The minimum atomic E-state index is -5.08. The summed E-state index contributed by atoms with van der Waals surface area (Å²) in [5, 5.41) is 7.12. The summed E-state index contributed by atoms with van der Waals surface area (Å²) >= 11 is 0. The van der Waals surface area contributed by atoms with E-state index in [4.69, 9.17) is 20.4 Å². The molecule has 0 bridgehead atoms. The fourth-order valence-electron chi connectivity index (χ4n) is 3.81. The lowest BCUT2D eigenvalue weighted by Gasteiger charge is -2.22. The number of methoxy groups -OCH3 is 1. The number of carbonyl (C=O) groups is 2. The molecule has 0 aliphatic heterocycles. The number of sulfonamides is 1. The van der Waals surface area contributed by atoms with Gasteiger partial charge in [-0.25, -0.2) is 17.9 Å². The SMILES string of the molecule is COc1cc(C)c(S(=O)(=O)NC(=O)c2ccc3c(c2)C(N)CCC3)cc1C(C)C.O=C(O)C(F)(F)F. The first-order chi connectivity index (χ1) is 16.6. The summed E-state index contributed by atoms with van der Waals surface area (Å²) in [5.74, 6) is -2.72. The molecule has 2 aromatic rings. The lowest BCUT2D eigenvalue weighted by molar-refractivity contribution is -0.192. The van der Waals surface area contributed by atoms with Crippen molar-refractivity contribution in [2.75, 3.05) is 7.11 Å². The summed E-state index contributed by atoms with van der Waals surface area (Å²) in [5.41, 5.74) is 9.78. The number of carboxylic acid groups (broad SMARTS) is 1. The third kappa shape index (κ3) is 6.97. The van der Waals surface area contributed by atoms with Crippen LogP contribution in [0.25, 0.3) is 0 Å². The average molecular weight is 531 g/mol. The number of fused-ring (bicyclic) bond motifs is 1. The third-order valence-electron chi connectivity index (χ3n) is 5.68. The van der Waals surface area contributed by atoms with Gasteiger partial charge in [0.05, 0.1) is 12.0 Å². The molecule has 4 N–H and O–H groups in total. The summed E-state index contributed by atoms with van der Waals surface area (Å²) in [6, 6.07) is 8.38. The van der Waals surface area contributed by atoms with Crippen molar-refractivity contribution in [2.24, 2.45) is 5.73 Å². The number of carbonyl (C=O) groups excluding carboxylic acids is 1. The molecule has 1 aliphatic carbocycles. The number of hydrogen-bond donors (Lipinski definition) is 3. The molecule has 3 rings (SSSR count). The normalized spacial score (nSPS) is 15.4. The zero-order valence-corrected chi connectivity index (χ0v) is 21.1. The van der Waals surface area contributed by atoms with Crippen LogP contribution in [0.1, 0.15) is 71.3 Å². The van der Waals surface area contributed by atoms with Crippen molar-refractivity contribution in [3.63, 3.8) is 0 Å². The lowest BCUT2D eigenvalue weighted by atomic mass is 9.87. The highest BCUT2D eigenvalue weighted by atomic mass is 32.2. The first-order valence-electron chi connectivity index (χ1n) is 11.0. The fourth-order valence-corrected chi connectivity index (χ4v) is 5.04. The van der Waals surface area contributed by atoms with Gasteiger partial charge in [-0.1, -0.05) is 19.9 Å². The topological polar surface area (TPSA) is 136 Å². The van der Waals surface area contributed by atoms with Crippen LogP contribution in [0.4, 0.5) is 13.2 Å². The van der Waals surface area contributed by atoms with Crippen molar-refractivity contribution in [1.29, 1.82) is 0 Å². The van der Waals surface area contributed by atoms with E-state index in [2.05, 4.69) is 4.72 Å². The summed E-state index contributed by atoms with van der Waals surface area (Å²) in [6.45, 7) is 5.60. The largest absolute Gasteiger partial charge is 0.496 e. The van der Waals surface area contributed by atoms with Crippen molar-refractivity contribution < 1.29 is 41.0 Å². The van der Waals surface area contributed by atoms with E-state index in [1.54, 1.807) is 38.3 Å². The average Bonchev–Trinajstić information content (AvgIpc) is 2.78. The standard InChI is InChI=1S/C22H28N2O4S.C2HF3O2/c1-13(2)17-12-21(14(3)10-20(17)28-4)29(26,27)24-22(25)16-9-8-15-6-5-7-19(23)18(15)11-16;3-2(4,5)1(6)7/h8-13,19H,5-7,23H2,1-4H3,(H,24,25);(H,6,7). The van der Waals surface area contributed by atoms with Gasteiger partial charge >= 0.3 is 12.1 Å². The molecule has 0 aromatic heterocycles. The van der Waals surface area contributed by atoms with Crippen LogP contribution < -0.4 is 15.2 Å². The van der Waals surface area contributed by atoms with Gasteiger partial charge in [-0.15, -0.1) is 0 Å². The Bertz CT molecular complexity index is 1240. The number of carboxylic acids is 1. The molecule has 36 heavy (non-hydrogen) atoms. The van der Waals surface area contributed by atoms with Crippen molar-refractivity contribution in [3.05, 3.63) is 58.1 Å². The number of aliphatic carboxylic acids is 1. The van der Waals surface area contributed by atoms with Crippen LogP contribution in [0.15, 0.2) is 35.2 Å². The summed E-state index contributed by atoms with van der Waals surface area (Å²) < 4.78 is 65.3. The van der Waals surface area contributed by atoms with Gasteiger partial charge in [-0.05, 0) is 78.6 Å². The number of rotatable bonds is 5. The number of nitrogens with two attached hydrogens (primary N) is 1. The molecule has 1 aliphatic rings. The quantitative estimate of drug-likeness (QED) is 0.527. The highest BCUT2D eigenvalue weighted by molar-refractivity contribution is 7.90. The van der Waals surface area contributed by atoms with E-state index in [0.717, 1.165) is 36.0 Å². The van der Waals surface area contributed by atoms with Gasteiger partial charge in [-0.2, -0.15) is 13.2 Å². The smallest absolute Gasteiger partial charge is 0.490 e. The van der Waals surface area contributed by atoms with Gasteiger partial charge in [-0.3, -0.25) is 4.79 Å². The lowest BCUT2D eigenvalue weighted by Crippen LogP contribution is -2.31. The van der Waals surface area contributed by atoms with Gasteiger partial charge < -0.3 is 15.6 Å². The number of ether oxygens (including phenoxy) is 1. The maximum atomic E-state index is 13.0. The van der Waals surface area contributed by atoms with Gasteiger partial charge in [0.15, 0.2) is 0 Å². The molecule has 12 heteroatoms. The Morgan fingerprint density at radius 2 is 1.81 bits per heavy atom. The molecular formula is C24H29F3N2O6S. The third-order valence-corrected chi connectivity index (χ3v) is 7.15. The van der Waals surface area contributed by atoms with E-state index in [1.807, 2.05) is 19.9 Å². The number of hydrogen-bond acceptors (Lipinski definition) is 6. The van der Waals surface area contributed by atoms with Crippen LogP contribution in [-0.4, -0.2) is 38.7 Å². The Morgan fingerprint density at radius 3 is 2.33 bits per heavy atom. The number of benzene rings is 2. The van der Waals surface area contributed by atoms with Crippen LogP contribution in [0.2, 0.25) is 0 Å². The molecule has 0 spiro atoms. The van der Waals surface area contributed by atoms with E-state index < -0.39 is 28.1 Å². The van der Waals surface area contributed by atoms with Crippen molar-refractivity contribution in [1.82, 2.24) is 4.72 Å². The van der Waals surface area contributed by atoms with E-state index in [9.17, 15) is 26.4 Å². The number of aryl methyl sites for hydroxylation is 2.